The molecule has 0 saturated heterocycles. The van der Waals surface area contributed by atoms with Crippen molar-refractivity contribution in [3.63, 3.8) is 0 Å². The molecule has 4 nitrogen and oxygen atoms in total. The molecule has 0 amide bonds. The van der Waals surface area contributed by atoms with Crippen molar-refractivity contribution in [2.75, 3.05) is 0 Å². The van der Waals surface area contributed by atoms with Gasteiger partial charge in [-0.1, -0.05) is 53.2 Å². The first-order valence-electron chi connectivity index (χ1n) is 8.67. The number of ketones is 2. The lowest BCUT2D eigenvalue weighted by molar-refractivity contribution is -0.147. The van der Waals surface area contributed by atoms with Crippen LogP contribution in [0.5, 0.6) is 0 Å². The molecule has 1 saturated carbocycles. The van der Waals surface area contributed by atoms with Crippen LogP contribution in [0.25, 0.3) is 0 Å². The molecule has 3 aliphatic rings. The van der Waals surface area contributed by atoms with Gasteiger partial charge < -0.3 is 10.2 Å². The van der Waals surface area contributed by atoms with Crippen molar-refractivity contribution < 1.29 is 19.8 Å². The number of carbonyl (C=O) groups is 2. The largest absolute Gasteiger partial charge is 0.507 e. The highest BCUT2D eigenvalue weighted by molar-refractivity contribution is 6.50. The number of hydrogen-bond donors (Lipinski definition) is 2. The van der Waals surface area contributed by atoms with Gasteiger partial charge >= 0.3 is 0 Å². The SMILES string of the molecule is CC(C)C1=C(O)C2=C(C(=O)C1=O)[C@@]1(C)CCCC(C)(C)[C@]1(O)C=C2. The molecule has 0 bridgehead atoms. The number of aliphatic hydroxyl groups excluding tert-OH is 1. The Morgan fingerprint density at radius 3 is 2.29 bits per heavy atom. The molecule has 0 aliphatic heterocycles. The predicted molar refractivity (Wildman–Crippen MR) is 91.4 cm³/mol. The molecular weight excluding hydrogens is 304 g/mol. The summed E-state index contributed by atoms with van der Waals surface area (Å²) in [5.74, 6) is -1.55. The van der Waals surface area contributed by atoms with Gasteiger partial charge in [0.15, 0.2) is 0 Å². The summed E-state index contributed by atoms with van der Waals surface area (Å²) in [7, 11) is 0. The molecule has 2 atom stereocenters. The molecule has 0 spiro atoms. The number of hydrogen-bond acceptors (Lipinski definition) is 4. The van der Waals surface area contributed by atoms with Crippen molar-refractivity contribution in [2.45, 2.75) is 59.5 Å². The smallest absolute Gasteiger partial charge is 0.233 e. The summed E-state index contributed by atoms with van der Waals surface area (Å²) >= 11 is 0. The van der Waals surface area contributed by atoms with Gasteiger partial charge in [-0.05, 0) is 24.2 Å². The summed E-state index contributed by atoms with van der Waals surface area (Å²) in [5.41, 5.74) is -1.64. The second-order valence-electron chi connectivity index (χ2n) is 8.53. The summed E-state index contributed by atoms with van der Waals surface area (Å²) in [5, 5.41) is 22.2. The minimum atomic E-state index is -1.22. The Labute approximate surface area is 142 Å². The molecule has 3 rings (SSSR count). The van der Waals surface area contributed by atoms with Gasteiger partial charge in [-0.2, -0.15) is 0 Å². The van der Waals surface area contributed by atoms with E-state index >= 15 is 0 Å². The van der Waals surface area contributed by atoms with Crippen LogP contribution in [0.1, 0.15) is 53.9 Å². The van der Waals surface area contributed by atoms with Crippen molar-refractivity contribution in [1.29, 1.82) is 0 Å². The molecule has 0 aromatic carbocycles. The van der Waals surface area contributed by atoms with Gasteiger partial charge in [-0.25, -0.2) is 0 Å². The van der Waals surface area contributed by atoms with Crippen LogP contribution in [0.3, 0.4) is 0 Å². The first-order valence-corrected chi connectivity index (χ1v) is 8.67. The van der Waals surface area contributed by atoms with Crippen LogP contribution < -0.4 is 0 Å². The third kappa shape index (κ3) is 1.83. The first kappa shape index (κ1) is 17.2. The van der Waals surface area contributed by atoms with Crippen LogP contribution in [0, 0.1) is 16.7 Å². The number of aliphatic hydroxyl groups is 2. The summed E-state index contributed by atoms with van der Waals surface area (Å²) in [6.45, 7) is 9.41. The Bertz CT molecular complexity index is 735. The average molecular weight is 330 g/mol. The molecule has 0 heterocycles. The second kappa shape index (κ2) is 4.92. The highest BCUT2D eigenvalue weighted by Crippen LogP contribution is 2.61. The van der Waals surface area contributed by atoms with Crippen molar-refractivity contribution in [1.82, 2.24) is 0 Å². The fourth-order valence-electron chi connectivity index (χ4n) is 4.92. The van der Waals surface area contributed by atoms with E-state index in [4.69, 9.17) is 0 Å². The lowest BCUT2D eigenvalue weighted by Crippen LogP contribution is -2.61. The zero-order valence-electron chi connectivity index (χ0n) is 15.1. The highest BCUT2D eigenvalue weighted by Gasteiger charge is 2.62. The normalized spacial score (nSPS) is 35.5. The molecule has 2 N–H and O–H groups in total. The van der Waals surface area contributed by atoms with Crippen molar-refractivity contribution in [3.05, 3.63) is 34.6 Å². The minimum absolute atomic E-state index is 0.104. The third-order valence-electron chi connectivity index (χ3n) is 6.43. The Morgan fingerprint density at radius 2 is 1.71 bits per heavy atom. The van der Waals surface area contributed by atoms with Crippen LogP contribution in [0.15, 0.2) is 34.6 Å². The number of fused-ring (bicyclic) bond motifs is 2. The molecule has 130 valence electrons. The van der Waals surface area contributed by atoms with E-state index < -0.39 is 28.0 Å². The van der Waals surface area contributed by atoms with E-state index in [0.29, 0.717) is 12.0 Å². The standard InChI is InChI=1S/C20H26O4/c1-11(2)13-15(21)12-7-10-20(24)18(3,4)8-6-9-19(20,5)14(12)17(23)16(13)22/h7,10-11,21,24H,6,8-9H2,1-5H3/t19-,20-/m1/s1. The quantitative estimate of drug-likeness (QED) is 0.571. The fourth-order valence-corrected chi connectivity index (χ4v) is 4.92. The molecule has 24 heavy (non-hydrogen) atoms. The first-order chi connectivity index (χ1) is 11.0. The summed E-state index contributed by atoms with van der Waals surface area (Å²) < 4.78 is 0. The molecule has 3 aliphatic carbocycles. The maximum Gasteiger partial charge on any atom is 0.233 e. The Balaban J connectivity index is 2.30. The van der Waals surface area contributed by atoms with Crippen LogP contribution in [-0.2, 0) is 9.59 Å². The average Bonchev–Trinajstić information content (AvgIpc) is 2.46. The van der Waals surface area contributed by atoms with Crippen LogP contribution >= 0.6 is 0 Å². The van der Waals surface area contributed by atoms with E-state index in [9.17, 15) is 19.8 Å². The zero-order valence-corrected chi connectivity index (χ0v) is 15.1. The summed E-state index contributed by atoms with van der Waals surface area (Å²) in [4.78, 5) is 25.5. The van der Waals surface area contributed by atoms with Gasteiger partial charge in [0.2, 0.25) is 11.6 Å². The lowest BCUT2D eigenvalue weighted by Gasteiger charge is -2.58. The molecule has 4 heteroatoms. The monoisotopic (exact) mass is 330 g/mol. The highest BCUT2D eigenvalue weighted by atomic mass is 16.3. The Kier molecular flexibility index (Phi) is 3.51. The van der Waals surface area contributed by atoms with E-state index in [-0.39, 0.29) is 22.8 Å². The number of carbonyl (C=O) groups excluding carboxylic acids is 2. The van der Waals surface area contributed by atoms with Gasteiger partial charge in [0.05, 0.1) is 5.60 Å². The van der Waals surface area contributed by atoms with Gasteiger partial charge in [0.25, 0.3) is 0 Å². The predicted octanol–water partition coefficient (Wildman–Crippen LogP) is 3.42. The molecule has 0 aromatic rings. The lowest BCUT2D eigenvalue weighted by atomic mass is 9.48. The summed E-state index contributed by atoms with van der Waals surface area (Å²) in [6, 6.07) is 0. The minimum Gasteiger partial charge on any atom is -0.507 e. The van der Waals surface area contributed by atoms with E-state index in [1.165, 1.54) is 0 Å². The van der Waals surface area contributed by atoms with Crippen LogP contribution in [0.4, 0.5) is 0 Å². The van der Waals surface area contributed by atoms with Crippen molar-refractivity contribution in [2.24, 2.45) is 16.7 Å². The van der Waals surface area contributed by atoms with Gasteiger partial charge in [0.1, 0.15) is 5.76 Å². The maximum absolute atomic E-state index is 12.9. The molecule has 0 radical (unpaired) electrons. The Hall–Kier alpha value is -1.68. The van der Waals surface area contributed by atoms with E-state index in [1.54, 1.807) is 26.0 Å². The second-order valence-corrected chi connectivity index (χ2v) is 8.53. The van der Waals surface area contributed by atoms with E-state index in [1.807, 2.05) is 20.8 Å². The van der Waals surface area contributed by atoms with Crippen LogP contribution in [-0.4, -0.2) is 27.4 Å². The van der Waals surface area contributed by atoms with Gasteiger partial charge in [-0.15, -0.1) is 0 Å². The maximum atomic E-state index is 12.9. The molecule has 1 fully saturated rings. The van der Waals surface area contributed by atoms with Gasteiger partial charge in [0, 0.05) is 22.1 Å². The third-order valence-corrected chi connectivity index (χ3v) is 6.43. The topological polar surface area (TPSA) is 74.6 Å². The van der Waals surface area contributed by atoms with Crippen LogP contribution in [0.2, 0.25) is 0 Å². The van der Waals surface area contributed by atoms with E-state index in [0.717, 1.165) is 12.8 Å². The Morgan fingerprint density at radius 1 is 1.08 bits per heavy atom. The number of rotatable bonds is 1. The summed E-state index contributed by atoms with van der Waals surface area (Å²) in [6.07, 6.45) is 5.67. The number of Topliss-reactive ketones (excluding diaryl/α,β-unsaturated/α-hetero) is 2. The van der Waals surface area contributed by atoms with E-state index in [2.05, 4.69) is 0 Å². The van der Waals surface area contributed by atoms with Crippen molar-refractivity contribution in [3.8, 4) is 0 Å². The fraction of sp³-hybridized carbons (Fsp3) is 0.600. The molecular formula is C20H26O4. The zero-order chi connectivity index (χ0) is 18.1. The van der Waals surface area contributed by atoms with Gasteiger partial charge in [-0.3, -0.25) is 9.59 Å². The van der Waals surface area contributed by atoms with Crippen molar-refractivity contribution >= 4 is 11.6 Å². The molecule has 0 unspecified atom stereocenters. The molecule has 0 aromatic heterocycles. The number of allylic oxidation sites excluding steroid dienone is 2.